The van der Waals surface area contributed by atoms with E-state index in [1.54, 1.807) is 0 Å². The topological polar surface area (TPSA) is 38.0 Å². The zero-order valence-electron chi connectivity index (χ0n) is 5.50. The van der Waals surface area contributed by atoms with Gasteiger partial charge in [-0.2, -0.15) is 13.2 Å². The molecule has 0 radical (unpaired) electrons. The Morgan fingerprint density at radius 2 is 2.00 bits per heavy atom. The Balaban J connectivity index is 4.09. The Morgan fingerprint density at radius 1 is 1.60 bits per heavy atom. The molecule has 0 bridgehead atoms. The van der Waals surface area contributed by atoms with Crippen LogP contribution in [0.4, 0.5) is 13.2 Å². The van der Waals surface area contributed by atoms with Gasteiger partial charge in [0.1, 0.15) is 0 Å². The Kier molecular flexibility index (Phi) is 2.86. The van der Waals surface area contributed by atoms with E-state index in [9.17, 15) is 13.2 Å². The maximum atomic E-state index is 11.7. The first-order valence-corrected chi connectivity index (χ1v) is 2.61. The molecule has 0 amide bonds. The van der Waals surface area contributed by atoms with Gasteiger partial charge in [0.15, 0.2) is 0 Å². The predicted molar refractivity (Wildman–Crippen MR) is 32.0 cm³/mol. The molecule has 0 rings (SSSR count). The molecule has 2 nitrogen and oxygen atoms in total. The number of nitrogens with one attached hydrogen (secondary N) is 1. The second kappa shape index (κ2) is 3.03. The molecule has 0 aromatic carbocycles. The molecule has 0 aromatic heterocycles. The molecule has 0 aliphatic carbocycles. The maximum absolute atomic E-state index is 11.7. The second-order valence-corrected chi connectivity index (χ2v) is 1.91. The van der Waals surface area contributed by atoms with E-state index < -0.39 is 17.8 Å². The molecular weight excluding hydrogens is 145 g/mol. The molecule has 0 spiro atoms. The van der Waals surface area contributed by atoms with Crippen LogP contribution in [0.25, 0.3) is 0 Å². The number of hydrogen-bond donors (Lipinski definition) is 2. The van der Waals surface area contributed by atoms with Crippen molar-refractivity contribution in [2.75, 3.05) is 0 Å². The average Bonchev–Trinajstić information content (AvgIpc) is 1.83. The summed E-state index contributed by atoms with van der Waals surface area (Å²) in [6.45, 7) is 4.12. The number of halogens is 3. The van der Waals surface area contributed by atoms with Gasteiger partial charge in [-0.1, -0.05) is 6.58 Å². The molecule has 0 saturated carbocycles. The molecule has 0 aliphatic rings. The number of hydrazine groups is 1. The van der Waals surface area contributed by atoms with E-state index in [1.165, 1.54) is 6.92 Å². The van der Waals surface area contributed by atoms with Crippen molar-refractivity contribution in [3.63, 3.8) is 0 Å². The van der Waals surface area contributed by atoms with Crippen LogP contribution in [-0.4, -0.2) is 12.2 Å². The summed E-state index contributed by atoms with van der Waals surface area (Å²) in [5.41, 5.74) is 1.09. The van der Waals surface area contributed by atoms with E-state index in [2.05, 4.69) is 6.58 Å². The van der Waals surface area contributed by atoms with E-state index in [1.807, 2.05) is 5.43 Å². The van der Waals surface area contributed by atoms with E-state index >= 15 is 0 Å². The van der Waals surface area contributed by atoms with Crippen molar-refractivity contribution in [1.82, 2.24) is 5.43 Å². The highest BCUT2D eigenvalue weighted by Gasteiger charge is 2.34. The van der Waals surface area contributed by atoms with Crippen molar-refractivity contribution in [2.24, 2.45) is 5.84 Å². The summed E-state index contributed by atoms with van der Waals surface area (Å²) >= 11 is 0. The Morgan fingerprint density at radius 3 is 2.10 bits per heavy atom. The van der Waals surface area contributed by atoms with Gasteiger partial charge in [-0.3, -0.25) is 11.3 Å². The number of nitrogens with two attached hydrogens (primary N) is 1. The van der Waals surface area contributed by atoms with Crippen LogP contribution in [0.3, 0.4) is 0 Å². The molecule has 0 heterocycles. The first-order chi connectivity index (χ1) is 4.39. The van der Waals surface area contributed by atoms with E-state index in [-0.39, 0.29) is 0 Å². The monoisotopic (exact) mass is 154 g/mol. The Labute approximate surface area is 56.9 Å². The van der Waals surface area contributed by atoms with Crippen molar-refractivity contribution < 1.29 is 13.2 Å². The molecule has 0 aromatic rings. The molecule has 10 heavy (non-hydrogen) atoms. The summed E-state index contributed by atoms with van der Waals surface area (Å²) in [7, 11) is 0. The van der Waals surface area contributed by atoms with Gasteiger partial charge in [-0.15, -0.1) is 0 Å². The zero-order valence-corrected chi connectivity index (χ0v) is 5.50. The molecule has 0 saturated heterocycles. The van der Waals surface area contributed by atoms with Crippen molar-refractivity contribution in [3.8, 4) is 0 Å². The fourth-order valence-corrected chi connectivity index (χ4v) is 0.346. The van der Waals surface area contributed by atoms with Gasteiger partial charge in [-0.25, -0.2) is 0 Å². The molecule has 1 unspecified atom stereocenters. The van der Waals surface area contributed by atoms with Crippen LogP contribution in [0.5, 0.6) is 0 Å². The molecule has 0 fully saturated rings. The fraction of sp³-hybridized carbons (Fsp3) is 0.600. The SMILES string of the molecule is C=C(C(C)NN)C(F)(F)F. The zero-order chi connectivity index (χ0) is 8.36. The van der Waals surface area contributed by atoms with Crippen LogP contribution in [-0.2, 0) is 0 Å². The summed E-state index contributed by atoms with van der Waals surface area (Å²) < 4.78 is 35.1. The molecule has 60 valence electrons. The maximum Gasteiger partial charge on any atom is 0.413 e. The van der Waals surface area contributed by atoms with E-state index in [0.717, 1.165) is 0 Å². The van der Waals surface area contributed by atoms with Gasteiger partial charge in [-0.05, 0) is 6.92 Å². The number of rotatable bonds is 2. The summed E-state index contributed by atoms with van der Waals surface area (Å²) in [5.74, 6) is 4.76. The molecule has 1 atom stereocenters. The normalized spacial score (nSPS) is 14.9. The van der Waals surface area contributed by atoms with Crippen molar-refractivity contribution in [1.29, 1.82) is 0 Å². The lowest BCUT2D eigenvalue weighted by atomic mass is 10.1. The Hall–Kier alpha value is -0.550. The van der Waals surface area contributed by atoms with E-state index in [0.29, 0.717) is 0 Å². The van der Waals surface area contributed by atoms with Crippen molar-refractivity contribution in [2.45, 2.75) is 19.1 Å². The lowest BCUT2D eigenvalue weighted by molar-refractivity contribution is -0.0956. The summed E-state index contributed by atoms with van der Waals surface area (Å²) in [4.78, 5) is 0. The van der Waals surface area contributed by atoms with Crippen LogP contribution in [0.15, 0.2) is 12.2 Å². The van der Waals surface area contributed by atoms with E-state index in [4.69, 9.17) is 5.84 Å². The van der Waals surface area contributed by atoms with Gasteiger partial charge in [0.25, 0.3) is 0 Å². The van der Waals surface area contributed by atoms with Crippen LogP contribution in [0, 0.1) is 0 Å². The summed E-state index contributed by atoms with van der Waals surface area (Å²) in [5, 5.41) is 0. The fourth-order valence-electron chi connectivity index (χ4n) is 0.346. The third-order valence-electron chi connectivity index (χ3n) is 1.14. The Bertz CT molecular complexity index is 129. The summed E-state index contributed by atoms with van der Waals surface area (Å²) in [6.07, 6.45) is -4.36. The van der Waals surface area contributed by atoms with Gasteiger partial charge in [0.05, 0.1) is 0 Å². The van der Waals surface area contributed by atoms with Crippen molar-refractivity contribution >= 4 is 0 Å². The van der Waals surface area contributed by atoms with Gasteiger partial charge in [0.2, 0.25) is 0 Å². The number of hydrogen-bond acceptors (Lipinski definition) is 2. The van der Waals surface area contributed by atoms with Crippen molar-refractivity contribution in [3.05, 3.63) is 12.2 Å². The predicted octanol–water partition coefficient (Wildman–Crippen LogP) is 0.957. The second-order valence-electron chi connectivity index (χ2n) is 1.91. The smallest absolute Gasteiger partial charge is 0.271 e. The first-order valence-electron chi connectivity index (χ1n) is 2.61. The minimum atomic E-state index is -4.36. The largest absolute Gasteiger partial charge is 0.413 e. The van der Waals surface area contributed by atoms with Gasteiger partial charge < -0.3 is 0 Å². The third kappa shape index (κ3) is 2.36. The number of alkyl halides is 3. The highest BCUT2D eigenvalue weighted by atomic mass is 19.4. The molecule has 0 aliphatic heterocycles. The average molecular weight is 154 g/mol. The van der Waals surface area contributed by atoms with Crippen LogP contribution in [0.1, 0.15) is 6.92 Å². The quantitative estimate of drug-likeness (QED) is 0.353. The lowest BCUT2D eigenvalue weighted by Crippen LogP contribution is -2.38. The molecular formula is C5H9F3N2. The lowest BCUT2D eigenvalue weighted by Gasteiger charge is -2.15. The van der Waals surface area contributed by atoms with Crippen LogP contribution >= 0.6 is 0 Å². The van der Waals surface area contributed by atoms with Crippen LogP contribution in [0.2, 0.25) is 0 Å². The third-order valence-corrected chi connectivity index (χ3v) is 1.14. The highest BCUT2D eigenvalue weighted by Crippen LogP contribution is 2.25. The summed E-state index contributed by atoms with van der Waals surface area (Å²) in [6, 6.07) is -0.931. The molecule has 5 heteroatoms. The standard InChI is InChI=1S/C5H9F3N2/c1-3(4(2)10-9)5(6,7)8/h4,10H,1,9H2,2H3. The molecule has 3 N–H and O–H groups in total. The minimum absolute atomic E-state index is 0.866. The highest BCUT2D eigenvalue weighted by molar-refractivity contribution is 5.09. The minimum Gasteiger partial charge on any atom is -0.271 e. The first kappa shape index (κ1) is 9.45. The van der Waals surface area contributed by atoms with Gasteiger partial charge in [0, 0.05) is 11.6 Å². The van der Waals surface area contributed by atoms with Crippen LogP contribution < -0.4 is 11.3 Å². The van der Waals surface area contributed by atoms with Gasteiger partial charge >= 0.3 is 6.18 Å².